The first kappa shape index (κ1) is 10.7. The zero-order chi connectivity index (χ0) is 12.8. The molecule has 1 heteroatoms. The lowest BCUT2D eigenvalue weighted by Crippen LogP contribution is -2.16. The van der Waals surface area contributed by atoms with Gasteiger partial charge in [-0.3, -0.25) is 4.79 Å². The normalized spacial score (nSPS) is 23.1. The third-order valence-corrected chi connectivity index (χ3v) is 4.42. The second-order valence-electron chi connectivity index (χ2n) is 5.30. The summed E-state index contributed by atoms with van der Waals surface area (Å²) in [6.45, 7) is 0. The fraction of sp³-hybridized carbons (Fsp3) is 0.167. The van der Waals surface area contributed by atoms with Crippen LogP contribution in [0.1, 0.15) is 40.5 Å². The van der Waals surface area contributed by atoms with Crippen molar-refractivity contribution < 1.29 is 4.79 Å². The zero-order valence-corrected chi connectivity index (χ0v) is 10.5. The Labute approximate surface area is 112 Å². The number of hydrogen-bond donors (Lipinski definition) is 0. The highest BCUT2D eigenvalue weighted by molar-refractivity contribution is 5.80. The minimum atomic E-state index is 0.128. The molecule has 5 rings (SSSR count). The molecule has 0 saturated heterocycles. The van der Waals surface area contributed by atoms with Gasteiger partial charge in [-0.25, -0.2) is 0 Å². The molecular weight excluding hydrogens is 232 g/mol. The molecule has 0 spiro atoms. The number of hydrogen-bond acceptors (Lipinski definition) is 1. The Kier molecular flexibility index (Phi) is 2.22. The molecule has 92 valence electrons. The van der Waals surface area contributed by atoms with Gasteiger partial charge in [0.15, 0.2) is 0 Å². The van der Waals surface area contributed by atoms with Gasteiger partial charge in [0, 0.05) is 11.8 Å². The summed E-state index contributed by atoms with van der Waals surface area (Å²) in [6, 6.07) is 17.1. The van der Waals surface area contributed by atoms with Crippen molar-refractivity contribution in [3.63, 3.8) is 0 Å². The number of carbonyl (C=O) groups is 1. The summed E-state index contributed by atoms with van der Waals surface area (Å²) in [5.41, 5.74) is 6.31. The zero-order valence-electron chi connectivity index (χ0n) is 10.5. The third kappa shape index (κ3) is 1.39. The summed E-state index contributed by atoms with van der Waals surface area (Å²) >= 11 is 0. The predicted octanol–water partition coefficient (Wildman–Crippen LogP) is 3.79. The largest absolute Gasteiger partial charge is 0.298 e. The van der Waals surface area contributed by atoms with Gasteiger partial charge in [-0.05, 0) is 34.2 Å². The van der Waals surface area contributed by atoms with Crippen LogP contribution < -0.4 is 0 Å². The average Bonchev–Trinajstić information content (AvgIpc) is 2.74. The highest BCUT2D eigenvalue weighted by atomic mass is 16.1. The predicted molar refractivity (Wildman–Crippen MR) is 75.3 cm³/mol. The molecule has 1 nitrogen and oxygen atoms in total. The van der Waals surface area contributed by atoms with Crippen LogP contribution in [0.15, 0.2) is 60.2 Å². The number of benzene rings is 2. The van der Waals surface area contributed by atoms with E-state index in [2.05, 4.69) is 54.6 Å². The Morgan fingerprint density at radius 3 is 1.89 bits per heavy atom. The number of fused-ring (bicyclic) bond motifs is 1. The second-order valence-corrected chi connectivity index (χ2v) is 5.30. The van der Waals surface area contributed by atoms with E-state index >= 15 is 0 Å². The maximum Gasteiger partial charge on any atom is 0.146 e. The van der Waals surface area contributed by atoms with Crippen LogP contribution >= 0.6 is 0 Å². The van der Waals surface area contributed by atoms with Crippen molar-refractivity contribution in [1.29, 1.82) is 0 Å². The van der Waals surface area contributed by atoms with Crippen molar-refractivity contribution in [2.24, 2.45) is 0 Å². The lowest BCUT2D eigenvalue weighted by Gasteiger charge is -2.31. The van der Waals surface area contributed by atoms with Gasteiger partial charge in [-0.15, -0.1) is 0 Å². The van der Waals surface area contributed by atoms with Crippen LogP contribution in [0.5, 0.6) is 0 Å². The Balaban J connectivity index is 2.08. The lowest BCUT2D eigenvalue weighted by molar-refractivity contribution is -0.105. The van der Waals surface area contributed by atoms with Gasteiger partial charge in [-0.1, -0.05) is 54.6 Å². The second kappa shape index (κ2) is 3.92. The van der Waals surface area contributed by atoms with E-state index in [9.17, 15) is 4.79 Å². The molecule has 0 aliphatic heterocycles. The van der Waals surface area contributed by atoms with Gasteiger partial charge in [0.05, 0.1) is 0 Å². The van der Waals surface area contributed by atoms with Crippen LogP contribution in [0.2, 0.25) is 0 Å². The standard InChI is InChI=1S/C18H14O/c19-11-12-9-10-15-13-5-1-3-7-16(13)18(12)17-8-4-2-6-14(15)17/h1-9,11,15,18H,10H2. The first-order valence-electron chi connectivity index (χ1n) is 6.73. The molecule has 0 N–H and O–H groups in total. The van der Waals surface area contributed by atoms with Crippen LogP contribution in [0.25, 0.3) is 0 Å². The third-order valence-electron chi connectivity index (χ3n) is 4.42. The molecule has 19 heavy (non-hydrogen) atoms. The van der Waals surface area contributed by atoms with E-state index in [4.69, 9.17) is 0 Å². The summed E-state index contributed by atoms with van der Waals surface area (Å²) < 4.78 is 0. The molecule has 3 aliphatic rings. The molecule has 0 atom stereocenters. The monoisotopic (exact) mass is 246 g/mol. The fourth-order valence-electron chi connectivity index (χ4n) is 3.62. The van der Waals surface area contributed by atoms with E-state index in [1.807, 2.05) is 0 Å². The lowest BCUT2D eigenvalue weighted by atomic mass is 9.72. The van der Waals surface area contributed by atoms with Crippen LogP contribution in [-0.2, 0) is 4.79 Å². The summed E-state index contributed by atoms with van der Waals surface area (Å²) in [7, 11) is 0. The molecule has 0 aromatic heterocycles. The summed E-state index contributed by atoms with van der Waals surface area (Å²) in [4.78, 5) is 11.5. The SMILES string of the molecule is O=CC1=CCC2c3ccccc3C1c1ccccc12. The van der Waals surface area contributed by atoms with Crippen molar-refractivity contribution >= 4 is 6.29 Å². The van der Waals surface area contributed by atoms with E-state index in [1.54, 1.807) is 0 Å². The Bertz CT molecular complexity index is 649. The summed E-state index contributed by atoms with van der Waals surface area (Å²) in [6.07, 6.45) is 4.09. The van der Waals surface area contributed by atoms with Crippen molar-refractivity contribution in [3.05, 3.63) is 82.4 Å². The van der Waals surface area contributed by atoms with Crippen molar-refractivity contribution in [1.82, 2.24) is 0 Å². The van der Waals surface area contributed by atoms with Gasteiger partial charge in [0.25, 0.3) is 0 Å². The van der Waals surface area contributed by atoms with E-state index in [1.165, 1.54) is 22.3 Å². The van der Waals surface area contributed by atoms with Gasteiger partial charge in [0.2, 0.25) is 0 Å². The quantitative estimate of drug-likeness (QED) is 0.700. The fourth-order valence-corrected chi connectivity index (χ4v) is 3.62. The van der Waals surface area contributed by atoms with E-state index in [0.29, 0.717) is 5.92 Å². The molecule has 0 fully saturated rings. The van der Waals surface area contributed by atoms with Gasteiger partial charge in [-0.2, -0.15) is 0 Å². The van der Waals surface area contributed by atoms with Crippen LogP contribution in [-0.4, -0.2) is 6.29 Å². The highest BCUT2D eigenvalue weighted by Gasteiger charge is 2.35. The van der Waals surface area contributed by atoms with Crippen molar-refractivity contribution in [2.75, 3.05) is 0 Å². The Morgan fingerprint density at radius 2 is 1.37 bits per heavy atom. The number of rotatable bonds is 1. The summed E-state index contributed by atoms with van der Waals surface area (Å²) in [5, 5.41) is 0. The van der Waals surface area contributed by atoms with Crippen LogP contribution in [0.3, 0.4) is 0 Å². The smallest absolute Gasteiger partial charge is 0.146 e. The Hall–Kier alpha value is -2.15. The molecule has 2 aromatic rings. The first-order chi connectivity index (χ1) is 9.40. The number of aldehydes is 1. The van der Waals surface area contributed by atoms with Gasteiger partial charge >= 0.3 is 0 Å². The molecule has 0 saturated carbocycles. The van der Waals surface area contributed by atoms with Gasteiger partial charge < -0.3 is 0 Å². The van der Waals surface area contributed by atoms with Crippen molar-refractivity contribution in [2.45, 2.75) is 18.3 Å². The maximum absolute atomic E-state index is 11.5. The number of allylic oxidation sites excluding steroid dienone is 2. The average molecular weight is 246 g/mol. The van der Waals surface area contributed by atoms with E-state index in [0.717, 1.165) is 18.3 Å². The Morgan fingerprint density at radius 1 is 0.842 bits per heavy atom. The van der Waals surface area contributed by atoms with E-state index in [-0.39, 0.29) is 5.92 Å². The molecule has 0 heterocycles. The van der Waals surface area contributed by atoms with Crippen LogP contribution in [0.4, 0.5) is 0 Å². The molecular formula is C18H14O. The minimum Gasteiger partial charge on any atom is -0.298 e. The first-order valence-corrected chi connectivity index (χ1v) is 6.73. The topological polar surface area (TPSA) is 17.1 Å². The molecule has 0 radical (unpaired) electrons. The molecule has 2 bridgehead atoms. The molecule has 0 amide bonds. The highest BCUT2D eigenvalue weighted by Crippen LogP contribution is 2.49. The minimum absolute atomic E-state index is 0.128. The van der Waals surface area contributed by atoms with Crippen LogP contribution in [0, 0.1) is 0 Å². The molecule has 0 unspecified atom stereocenters. The molecule has 3 aliphatic carbocycles. The molecule has 2 aromatic carbocycles. The summed E-state index contributed by atoms with van der Waals surface area (Å²) in [5.74, 6) is 0.532. The number of carbonyl (C=O) groups excluding carboxylic acids is 1. The van der Waals surface area contributed by atoms with Crippen molar-refractivity contribution in [3.8, 4) is 0 Å². The van der Waals surface area contributed by atoms with Gasteiger partial charge in [0.1, 0.15) is 6.29 Å². The maximum atomic E-state index is 11.5. The van der Waals surface area contributed by atoms with E-state index < -0.39 is 0 Å².